The maximum atomic E-state index is 13.5. The predicted octanol–water partition coefficient (Wildman–Crippen LogP) is 5.38. The lowest BCUT2D eigenvalue weighted by molar-refractivity contribution is 0.474. The van der Waals surface area contributed by atoms with Crippen LogP contribution in [0.4, 0.5) is 4.39 Å². The summed E-state index contributed by atoms with van der Waals surface area (Å²) in [5, 5.41) is 1.01. The van der Waals surface area contributed by atoms with Crippen LogP contribution < -0.4 is 0 Å². The molecule has 2 rings (SSSR count). The molecule has 0 nitrogen and oxygen atoms in total. The number of halogens is 3. The number of rotatable bonds is 3. The average Bonchev–Trinajstić information content (AvgIpc) is 2.34. The molecule has 3 heteroatoms. The second-order valence-corrected chi connectivity index (χ2v) is 6.59. The van der Waals surface area contributed by atoms with Crippen LogP contribution in [0, 0.1) is 24.6 Å². The highest BCUT2D eigenvalue weighted by Crippen LogP contribution is 2.34. The van der Waals surface area contributed by atoms with E-state index < -0.39 is 0 Å². The van der Waals surface area contributed by atoms with E-state index in [4.69, 9.17) is 0 Å². The molecule has 1 aliphatic rings. The van der Waals surface area contributed by atoms with Crippen LogP contribution in [-0.2, 0) is 6.42 Å². The molecule has 0 fully saturated rings. The highest BCUT2D eigenvalue weighted by atomic mass is 79.9. The van der Waals surface area contributed by atoms with Crippen molar-refractivity contribution in [3.63, 3.8) is 0 Å². The van der Waals surface area contributed by atoms with Gasteiger partial charge in [-0.2, -0.15) is 0 Å². The zero-order chi connectivity index (χ0) is 13.1. The number of hydrogen-bond donors (Lipinski definition) is 0. The minimum Gasteiger partial charge on any atom is -0.207 e. The van der Waals surface area contributed by atoms with Gasteiger partial charge in [-0.3, -0.25) is 0 Å². The van der Waals surface area contributed by atoms with E-state index in [0.717, 1.165) is 22.9 Å². The first-order valence-corrected chi connectivity index (χ1v) is 8.19. The first-order chi connectivity index (χ1) is 8.60. The summed E-state index contributed by atoms with van der Waals surface area (Å²) in [6, 6.07) is 5.58. The Bertz CT molecular complexity index is 454. The number of hydrogen-bond acceptors (Lipinski definition) is 0. The maximum Gasteiger partial charge on any atom is 0.126 e. The molecule has 1 aromatic carbocycles. The summed E-state index contributed by atoms with van der Waals surface area (Å²) >= 11 is 7.19. The van der Waals surface area contributed by atoms with Crippen molar-refractivity contribution in [1.82, 2.24) is 0 Å². The van der Waals surface area contributed by atoms with E-state index >= 15 is 0 Å². The van der Waals surface area contributed by atoms with Crippen LogP contribution in [0.15, 0.2) is 28.8 Å². The van der Waals surface area contributed by atoms with Gasteiger partial charge in [-0.05, 0) is 59.7 Å². The SMILES string of the molecule is Cc1ccc(CC2C=C(Br)C(CBr)CC2)cc1F. The van der Waals surface area contributed by atoms with E-state index in [2.05, 4.69) is 37.9 Å². The van der Waals surface area contributed by atoms with Crippen molar-refractivity contribution in [2.45, 2.75) is 26.2 Å². The van der Waals surface area contributed by atoms with Crippen molar-refractivity contribution in [1.29, 1.82) is 0 Å². The Balaban J connectivity index is 2.06. The third-order valence-corrected chi connectivity index (χ3v) is 5.28. The van der Waals surface area contributed by atoms with E-state index in [1.165, 1.54) is 17.3 Å². The van der Waals surface area contributed by atoms with Crippen molar-refractivity contribution < 1.29 is 4.39 Å². The average molecular weight is 376 g/mol. The zero-order valence-electron chi connectivity index (χ0n) is 10.4. The van der Waals surface area contributed by atoms with E-state index in [0.29, 0.717) is 11.8 Å². The van der Waals surface area contributed by atoms with Crippen LogP contribution in [0.3, 0.4) is 0 Å². The van der Waals surface area contributed by atoms with Gasteiger partial charge in [0.25, 0.3) is 0 Å². The smallest absolute Gasteiger partial charge is 0.126 e. The first-order valence-electron chi connectivity index (χ1n) is 6.28. The molecule has 2 atom stereocenters. The minimum absolute atomic E-state index is 0.0929. The van der Waals surface area contributed by atoms with Crippen LogP contribution in [0.1, 0.15) is 24.0 Å². The summed E-state index contributed by atoms with van der Waals surface area (Å²) < 4.78 is 14.8. The molecule has 0 aromatic heterocycles. The largest absolute Gasteiger partial charge is 0.207 e. The summed E-state index contributed by atoms with van der Waals surface area (Å²) in [7, 11) is 0. The second kappa shape index (κ2) is 6.33. The molecule has 0 saturated heterocycles. The van der Waals surface area contributed by atoms with E-state index in [-0.39, 0.29) is 5.82 Å². The van der Waals surface area contributed by atoms with Gasteiger partial charge < -0.3 is 0 Å². The van der Waals surface area contributed by atoms with Gasteiger partial charge in [-0.25, -0.2) is 4.39 Å². The quantitative estimate of drug-likeness (QED) is 0.622. The summed E-state index contributed by atoms with van der Waals surface area (Å²) in [6.45, 7) is 1.80. The van der Waals surface area contributed by atoms with Gasteiger partial charge in [-0.1, -0.05) is 50.1 Å². The maximum absolute atomic E-state index is 13.5. The molecule has 0 radical (unpaired) electrons. The topological polar surface area (TPSA) is 0 Å². The molecule has 0 amide bonds. The van der Waals surface area contributed by atoms with Crippen LogP contribution in [-0.4, -0.2) is 5.33 Å². The molecule has 1 aromatic rings. The lowest BCUT2D eigenvalue weighted by Gasteiger charge is -2.24. The fourth-order valence-electron chi connectivity index (χ4n) is 2.38. The molecule has 2 unspecified atom stereocenters. The van der Waals surface area contributed by atoms with Crippen molar-refractivity contribution in [2.24, 2.45) is 11.8 Å². The molecule has 18 heavy (non-hydrogen) atoms. The van der Waals surface area contributed by atoms with Gasteiger partial charge in [0.2, 0.25) is 0 Å². The van der Waals surface area contributed by atoms with Gasteiger partial charge in [-0.15, -0.1) is 0 Å². The Labute approximate surface area is 125 Å². The highest BCUT2D eigenvalue weighted by Gasteiger charge is 2.20. The van der Waals surface area contributed by atoms with Gasteiger partial charge in [0.05, 0.1) is 0 Å². The first kappa shape index (κ1) is 14.3. The molecule has 0 heterocycles. The van der Waals surface area contributed by atoms with Crippen LogP contribution >= 0.6 is 31.9 Å². The fourth-order valence-corrected chi connectivity index (χ4v) is 4.25. The zero-order valence-corrected chi connectivity index (χ0v) is 13.6. The Hall–Kier alpha value is -0.150. The fraction of sp³-hybridized carbons (Fsp3) is 0.467. The van der Waals surface area contributed by atoms with Gasteiger partial charge in [0.15, 0.2) is 0 Å². The van der Waals surface area contributed by atoms with Crippen molar-refractivity contribution in [3.05, 3.63) is 45.7 Å². The number of allylic oxidation sites excluding steroid dienone is 2. The Morgan fingerprint density at radius 3 is 2.72 bits per heavy atom. The number of alkyl halides is 1. The van der Waals surface area contributed by atoms with Gasteiger partial charge in [0, 0.05) is 5.33 Å². The lowest BCUT2D eigenvalue weighted by Crippen LogP contribution is -2.14. The summed E-state index contributed by atoms with van der Waals surface area (Å²) in [4.78, 5) is 0. The van der Waals surface area contributed by atoms with Crippen molar-refractivity contribution in [3.8, 4) is 0 Å². The molecule has 98 valence electrons. The predicted molar refractivity (Wildman–Crippen MR) is 81.9 cm³/mol. The third kappa shape index (κ3) is 3.45. The molecular weight excluding hydrogens is 359 g/mol. The molecule has 0 saturated carbocycles. The normalized spacial score (nSPS) is 23.9. The summed E-state index contributed by atoms with van der Waals surface area (Å²) in [6.07, 6.45) is 5.61. The monoisotopic (exact) mass is 374 g/mol. The summed E-state index contributed by atoms with van der Waals surface area (Å²) in [5.74, 6) is 1.04. The Morgan fingerprint density at radius 1 is 1.33 bits per heavy atom. The van der Waals surface area contributed by atoms with Crippen LogP contribution in [0.5, 0.6) is 0 Å². The molecule has 0 bridgehead atoms. The molecule has 0 spiro atoms. The molecule has 0 aliphatic heterocycles. The van der Waals surface area contributed by atoms with Crippen LogP contribution in [0.25, 0.3) is 0 Å². The van der Waals surface area contributed by atoms with Gasteiger partial charge in [0.1, 0.15) is 5.82 Å². The van der Waals surface area contributed by atoms with Gasteiger partial charge >= 0.3 is 0 Å². The van der Waals surface area contributed by atoms with Crippen molar-refractivity contribution >= 4 is 31.9 Å². The number of benzene rings is 1. The summed E-state index contributed by atoms with van der Waals surface area (Å²) in [5.41, 5.74) is 1.82. The third-order valence-electron chi connectivity index (χ3n) is 3.59. The van der Waals surface area contributed by atoms with Crippen LogP contribution in [0.2, 0.25) is 0 Å². The van der Waals surface area contributed by atoms with E-state index in [9.17, 15) is 4.39 Å². The molecular formula is C15H17Br2F. The molecule has 1 aliphatic carbocycles. The van der Waals surface area contributed by atoms with E-state index in [1.807, 2.05) is 12.1 Å². The standard InChI is InChI=1S/C15H17Br2F/c1-10-2-3-12(8-15(10)18)6-11-4-5-13(9-16)14(17)7-11/h2-3,7-8,11,13H,4-6,9H2,1H3. The highest BCUT2D eigenvalue weighted by molar-refractivity contribution is 9.12. The lowest BCUT2D eigenvalue weighted by atomic mass is 9.85. The Morgan fingerprint density at radius 2 is 2.11 bits per heavy atom. The second-order valence-electron chi connectivity index (χ2n) is 5.03. The van der Waals surface area contributed by atoms with E-state index in [1.54, 1.807) is 13.0 Å². The minimum atomic E-state index is -0.0929. The van der Waals surface area contributed by atoms with Crippen molar-refractivity contribution in [2.75, 3.05) is 5.33 Å². The Kier molecular flexibility index (Phi) is 5.02. The number of aryl methyl sites for hydroxylation is 1. The molecule has 0 N–H and O–H groups in total.